The molecule has 1 amide bonds. The molecule has 20 heavy (non-hydrogen) atoms. The maximum Gasteiger partial charge on any atom is 0.264 e. The van der Waals surface area contributed by atoms with Gasteiger partial charge in [0.1, 0.15) is 4.88 Å². The lowest BCUT2D eigenvalue weighted by Gasteiger charge is -2.17. The summed E-state index contributed by atoms with van der Waals surface area (Å²) in [5.74, 6) is -0.0561. The van der Waals surface area contributed by atoms with E-state index in [9.17, 15) is 4.79 Å². The molecular formula is C14H22N4OS. The number of nitrogens with zero attached hydrogens (tertiary/aromatic N) is 2. The lowest BCUT2D eigenvalue weighted by Crippen LogP contribution is -2.28. The lowest BCUT2D eigenvalue weighted by atomic mass is 9.91. The lowest BCUT2D eigenvalue weighted by molar-refractivity contribution is 0.0955. The zero-order valence-electron chi connectivity index (χ0n) is 12.3. The smallest absolute Gasteiger partial charge is 0.264 e. The SMILES string of the molecule is CC(C)(C)c1nnsc1C(=O)NCCC1=CCNCC1. The van der Waals surface area contributed by atoms with E-state index in [1.165, 1.54) is 17.1 Å². The van der Waals surface area contributed by atoms with Crippen molar-refractivity contribution in [2.24, 2.45) is 0 Å². The van der Waals surface area contributed by atoms with Gasteiger partial charge in [0.15, 0.2) is 0 Å². The fourth-order valence-corrected chi connectivity index (χ4v) is 2.94. The average molecular weight is 294 g/mol. The van der Waals surface area contributed by atoms with Gasteiger partial charge in [-0.1, -0.05) is 36.9 Å². The number of carbonyl (C=O) groups is 1. The zero-order valence-corrected chi connectivity index (χ0v) is 13.1. The second kappa shape index (κ2) is 6.45. The average Bonchev–Trinajstić information content (AvgIpc) is 2.89. The third-order valence-electron chi connectivity index (χ3n) is 3.29. The quantitative estimate of drug-likeness (QED) is 0.832. The molecule has 0 aliphatic carbocycles. The first kappa shape index (κ1) is 15.1. The summed E-state index contributed by atoms with van der Waals surface area (Å²) in [6, 6.07) is 0. The van der Waals surface area contributed by atoms with Crippen LogP contribution in [0.15, 0.2) is 11.6 Å². The zero-order chi connectivity index (χ0) is 14.6. The number of nitrogens with one attached hydrogen (secondary N) is 2. The topological polar surface area (TPSA) is 66.9 Å². The summed E-state index contributed by atoms with van der Waals surface area (Å²) in [7, 11) is 0. The highest BCUT2D eigenvalue weighted by atomic mass is 32.1. The van der Waals surface area contributed by atoms with Gasteiger partial charge in [0.2, 0.25) is 0 Å². The van der Waals surface area contributed by atoms with Gasteiger partial charge in [-0.2, -0.15) is 0 Å². The van der Waals surface area contributed by atoms with Gasteiger partial charge < -0.3 is 10.6 Å². The Hall–Kier alpha value is -1.27. The number of hydrogen-bond acceptors (Lipinski definition) is 5. The molecule has 0 spiro atoms. The Kier molecular flexibility index (Phi) is 4.88. The number of amides is 1. The summed E-state index contributed by atoms with van der Waals surface area (Å²) in [5, 5.41) is 10.4. The minimum atomic E-state index is -0.156. The van der Waals surface area contributed by atoms with E-state index >= 15 is 0 Å². The molecule has 2 heterocycles. The van der Waals surface area contributed by atoms with Crippen molar-refractivity contribution in [3.8, 4) is 0 Å². The fraction of sp³-hybridized carbons (Fsp3) is 0.643. The molecule has 6 heteroatoms. The van der Waals surface area contributed by atoms with Crippen molar-refractivity contribution in [1.82, 2.24) is 20.2 Å². The maximum atomic E-state index is 12.2. The predicted molar refractivity (Wildman–Crippen MR) is 81.1 cm³/mol. The molecule has 0 radical (unpaired) electrons. The molecule has 1 aromatic rings. The first-order valence-corrected chi connectivity index (χ1v) is 7.75. The van der Waals surface area contributed by atoms with Crippen LogP contribution in [0.5, 0.6) is 0 Å². The Labute approximate surface area is 124 Å². The van der Waals surface area contributed by atoms with Crippen molar-refractivity contribution in [2.45, 2.75) is 39.0 Å². The van der Waals surface area contributed by atoms with Crippen molar-refractivity contribution in [2.75, 3.05) is 19.6 Å². The normalized spacial score (nSPS) is 15.8. The Morgan fingerprint density at radius 1 is 1.50 bits per heavy atom. The Morgan fingerprint density at radius 3 is 2.95 bits per heavy atom. The maximum absolute atomic E-state index is 12.2. The molecular weight excluding hydrogens is 272 g/mol. The van der Waals surface area contributed by atoms with Crippen molar-refractivity contribution in [3.63, 3.8) is 0 Å². The monoisotopic (exact) mass is 294 g/mol. The van der Waals surface area contributed by atoms with Crippen LogP contribution in [0.2, 0.25) is 0 Å². The van der Waals surface area contributed by atoms with Gasteiger partial charge in [-0.25, -0.2) is 0 Å². The number of hydrogen-bond donors (Lipinski definition) is 2. The highest BCUT2D eigenvalue weighted by Gasteiger charge is 2.26. The highest BCUT2D eigenvalue weighted by Crippen LogP contribution is 2.25. The van der Waals surface area contributed by atoms with E-state index in [-0.39, 0.29) is 11.3 Å². The van der Waals surface area contributed by atoms with Crippen LogP contribution in [-0.2, 0) is 5.41 Å². The van der Waals surface area contributed by atoms with E-state index in [0.717, 1.165) is 31.6 Å². The van der Waals surface area contributed by atoms with Crippen molar-refractivity contribution in [3.05, 3.63) is 22.2 Å². The second-order valence-electron chi connectivity index (χ2n) is 6.02. The van der Waals surface area contributed by atoms with Crippen LogP contribution in [0.25, 0.3) is 0 Å². The molecule has 0 unspecified atom stereocenters. The minimum absolute atomic E-state index is 0.0561. The molecule has 0 saturated heterocycles. The molecule has 0 aromatic carbocycles. The summed E-state index contributed by atoms with van der Waals surface area (Å²) in [6.07, 6.45) is 4.21. The van der Waals surface area contributed by atoms with Crippen LogP contribution in [0, 0.1) is 0 Å². The molecule has 0 saturated carbocycles. The molecule has 1 aromatic heterocycles. The Bertz CT molecular complexity index is 502. The molecule has 2 rings (SSSR count). The minimum Gasteiger partial charge on any atom is -0.351 e. The molecule has 1 aliphatic rings. The van der Waals surface area contributed by atoms with E-state index in [4.69, 9.17) is 0 Å². The Balaban J connectivity index is 1.89. The molecule has 1 aliphatic heterocycles. The van der Waals surface area contributed by atoms with Crippen LogP contribution < -0.4 is 10.6 Å². The van der Waals surface area contributed by atoms with Crippen molar-refractivity contribution >= 4 is 17.4 Å². The summed E-state index contributed by atoms with van der Waals surface area (Å²) in [4.78, 5) is 12.8. The van der Waals surface area contributed by atoms with Gasteiger partial charge in [0.05, 0.1) is 5.69 Å². The molecule has 0 fully saturated rings. The fourth-order valence-electron chi connectivity index (χ4n) is 2.14. The molecule has 0 bridgehead atoms. The first-order chi connectivity index (χ1) is 9.48. The number of carbonyl (C=O) groups excluding carboxylic acids is 1. The number of rotatable bonds is 4. The third-order valence-corrected chi connectivity index (χ3v) is 4.02. The van der Waals surface area contributed by atoms with Crippen molar-refractivity contribution < 1.29 is 4.79 Å². The van der Waals surface area contributed by atoms with Crippen LogP contribution in [0.4, 0.5) is 0 Å². The highest BCUT2D eigenvalue weighted by molar-refractivity contribution is 7.08. The number of aromatic nitrogens is 2. The van der Waals surface area contributed by atoms with Crippen LogP contribution >= 0.6 is 11.5 Å². The van der Waals surface area contributed by atoms with E-state index < -0.39 is 0 Å². The van der Waals surface area contributed by atoms with Gasteiger partial charge in [-0.3, -0.25) is 4.79 Å². The van der Waals surface area contributed by atoms with Crippen molar-refractivity contribution in [1.29, 1.82) is 0 Å². The predicted octanol–water partition coefficient (Wildman–Crippen LogP) is 1.88. The largest absolute Gasteiger partial charge is 0.351 e. The second-order valence-corrected chi connectivity index (χ2v) is 6.78. The Morgan fingerprint density at radius 2 is 2.30 bits per heavy atom. The van der Waals surface area contributed by atoms with E-state index in [1.807, 2.05) is 20.8 Å². The van der Waals surface area contributed by atoms with Crippen LogP contribution in [0.3, 0.4) is 0 Å². The van der Waals surface area contributed by atoms with E-state index in [0.29, 0.717) is 11.4 Å². The van der Waals surface area contributed by atoms with Gasteiger partial charge in [0.25, 0.3) is 5.91 Å². The summed E-state index contributed by atoms with van der Waals surface area (Å²) in [5.41, 5.74) is 2.04. The van der Waals surface area contributed by atoms with Gasteiger partial charge in [0, 0.05) is 18.5 Å². The van der Waals surface area contributed by atoms with Gasteiger partial charge in [-0.15, -0.1) is 5.10 Å². The first-order valence-electron chi connectivity index (χ1n) is 6.98. The standard InChI is InChI=1S/C14H22N4OS/c1-14(2,3)12-11(20-18-17-12)13(19)16-9-6-10-4-7-15-8-5-10/h4,15H,5-9H2,1-3H3,(H,16,19). The molecule has 0 atom stereocenters. The molecule has 2 N–H and O–H groups in total. The van der Waals surface area contributed by atoms with E-state index in [2.05, 4.69) is 26.3 Å². The third kappa shape index (κ3) is 3.86. The molecule has 5 nitrogen and oxygen atoms in total. The van der Waals surface area contributed by atoms with Crippen LogP contribution in [-0.4, -0.2) is 35.1 Å². The van der Waals surface area contributed by atoms with Crippen LogP contribution in [0.1, 0.15) is 49.0 Å². The van der Waals surface area contributed by atoms with E-state index in [1.54, 1.807) is 0 Å². The van der Waals surface area contributed by atoms with Gasteiger partial charge in [-0.05, 0) is 30.9 Å². The molecule has 110 valence electrons. The summed E-state index contributed by atoms with van der Waals surface area (Å²) >= 11 is 1.17. The van der Waals surface area contributed by atoms with Gasteiger partial charge >= 0.3 is 0 Å². The summed E-state index contributed by atoms with van der Waals surface area (Å²) < 4.78 is 3.92. The summed E-state index contributed by atoms with van der Waals surface area (Å²) in [6.45, 7) is 8.77.